The van der Waals surface area contributed by atoms with Crippen molar-refractivity contribution in [2.75, 3.05) is 0 Å². The standard InChI is InChI=1S/C46H32/c1-30(31-14-5-2-6-15-31)32-24-26-33(27-25-32)36-28-29-41-44-37(36)22-13-23-40(44)45-42(34-16-7-3-8-17-34)38-20-11-12-21-39(38)43(46(41)45)35-18-9-4-10-19-35/h2-30H,1H3. The number of fused-ring (bicyclic) bond motifs is 4. The molecule has 0 N–H and O–H groups in total. The Bertz CT molecular complexity index is 2290. The van der Waals surface area contributed by atoms with Crippen LogP contribution in [0.15, 0.2) is 170 Å². The van der Waals surface area contributed by atoms with Crippen LogP contribution in [0.2, 0.25) is 0 Å². The molecular formula is C46H32. The first-order valence-corrected chi connectivity index (χ1v) is 16.2. The monoisotopic (exact) mass is 584 g/mol. The van der Waals surface area contributed by atoms with Crippen molar-refractivity contribution in [3.05, 3.63) is 181 Å². The van der Waals surface area contributed by atoms with Gasteiger partial charge in [-0.05, 0) is 88.3 Å². The topological polar surface area (TPSA) is 0 Å². The molecule has 0 fully saturated rings. The highest BCUT2D eigenvalue weighted by Crippen LogP contribution is 2.58. The zero-order chi connectivity index (χ0) is 30.6. The lowest BCUT2D eigenvalue weighted by Gasteiger charge is -2.20. The number of benzene rings is 8. The van der Waals surface area contributed by atoms with Crippen LogP contribution in [0, 0.1) is 0 Å². The maximum Gasteiger partial charge on any atom is 0.00610 e. The van der Waals surface area contributed by atoms with Crippen molar-refractivity contribution in [3.63, 3.8) is 0 Å². The molecule has 0 saturated heterocycles. The summed E-state index contributed by atoms with van der Waals surface area (Å²) in [5, 5.41) is 5.23. The van der Waals surface area contributed by atoms with E-state index in [4.69, 9.17) is 0 Å². The smallest absolute Gasteiger partial charge is 0.00610 e. The van der Waals surface area contributed by atoms with Gasteiger partial charge in [0.2, 0.25) is 0 Å². The molecule has 8 aromatic carbocycles. The Balaban J connectivity index is 1.30. The van der Waals surface area contributed by atoms with Gasteiger partial charge in [0.1, 0.15) is 0 Å². The highest BCUT2D eigenvalue weighted by atomic mass is 14.3. The van der Waals surface area contributed by atoms with E-state index in [0.29, 0.717) is 5.92 Å². The minimum absolute atomic E-state index is 0.347. The molecule has 8 aromatic rings. The highest BCUT2D eigenvalue weighted by Gasteiger charge is 2.31. The summed E-state index contributed by atoms with van der Waals surface area (Å²) < 4.78 is 0. The third-order valence-corrected chi connectivity index (χ3v) is 9.94. The largest absolute Gasteiger partial charge is 0.0622 e. The van der Waals surface area contributed by atoms with Gasteiger partial charge in [-0.25, -0.2) is 0 Å². The lowest BCUT2D eigenvalue weighted by molar-refractivity contribution is 0.923. The van der Waals surface area contributed by atoms with Gasteiger partial charge in [-0.1, -0.05) is 177 Å². The summed E-state index contributed by atoms with van der Waals surface area (Å²) in [6.45, 7) is 2.29. The third kappa shape index (κ3) is 4.07. The second kappa shape index (κ2) is 10.7. The molecule has 216 valence electrons. The summed E-state index contributed by atoms with van der Waals surface area (Å²) in [5.41, 5.74) is 15.7. The molecule has 0 aliphatic heterocycles. The molecule has 1 aliphatic carbocycles. The lowest BCUT2D eigenvalue weighted by atomic mass is 9.82. The Morgan fingerprint density at radius 3 is 1.35 bits per heavy atom. The Kier molecular flexibility index (Phi) is 6.21. The van der Waals surface area contributed by atoms with Crippen molar-refractivity contribution in [2.24, 2.45) is 0 Å². The van der Waals surface area contributed by atoms with Crippen molar-refractivity contribution in [3.8, 4) is 55.6 Å². The Morgan fingerprint density at radius 1 is 0.304 bits per heavy atom. The molecule has 46 heavy (non-hydrogen) atoms. The summed E-state index contributed by atoms with van der Waals surface area (Å²) in [5.74, 6) is 0.347. The van der Waals surface area contributed by atoms with Crippen molar-refractivity contribution < 1.29 is 0 Å². The van der Waals surface area contributed by atoms with Crippen molar-refractivity contribution in [1.29, 1.82) is 0 Å². The van der Waals surface area contributed by atoms with Crippen LogP contribution in [0.1, 0.15) is 24.0 Å². The van der Waals surface area contributed by atoms with Crippen LogP contribution in [0.5, 0.6) is 0 Å². The zero-order valence-electron chi connectivity index (χ0n) is 25.7. The first kappa shape index (κ1) is 26.7. The van der Waals surface area contributed by atoms with Crippen LogP contribution < -0.4 is 0 Å². The molecule has 1 aliphatic rings. The molecule has 0 heterocycles. The minimum atomic E-state index is 0.347. The predicted octanol–water partition coefficient (Wildman–Crippen LogP) is 12.8. The van der Waals surface area contributed by atoms with Gasteiger partial charge in [0, 0.05) is 5.92 Å². The summed E-state index contributed by atoms with van der Waals surface area (Å²) >= 11 is 0. The summed E-state index contributed by atoms with van der Waals surface area (Å²) in [6, 6.07) is 62.5. The van der Waals surface area contributed by atoms with Gasteiger partial charge in [0.05, 0.1) is 0 Å². The molecule has 0 bridgehead atoms. The maximum absolute atomic E-state index is 2.38. The van der Waals surface area contributed by atoms with Crippen molar-refractivity contribution in [1.82, 2.24) is 0 Å². The molecule has 9 rings (SSSR count). The average Bonchev–Trinajstić information content (AvgIpc) is 3.46. The van der Waals surface area contributed by atoms with Crippen LogP contribution in [-0.2, 0) is 0 Å². The molecule has 0 saturated carbocycles. The predicted molar refractivity (Wildman–Crippen MR) is 196 cm³/mol. The second-order valence-electron chi connectivity index (χ2n) is 12.4. The summed E-state index contributed by atoms with van der Waals surface area (Å²) in [7, 11) is 0. The SMILES string of the molecule is CC(c1ccccc1)c1ccc(-c2ccc3c4c(cccc24)-c2c-3c(-c3ccccc3)c3ccccc3c2-c2ccccc2)cc1. The van der Waals surface area contributed by atoms with Crippen LogP contribution in [0.25, 0.3) is 77.2 Å². The molecule has 0 heteroatoms. The normalized spacial score (nSPS) is 12.4. The maximum atomic E-state index is 2.38. The first-order chi connectivity index (χ1) is 22.8. The molecule has 1 unspecified atom stereocenters. The van der Waals surface area contributed by atoms with E-state index in [1.54, 1.807) is 0 Å². The van der Waals surface area contributed by atoms with Gasteiger partial charge < -0.3 is 0 Å². The van der Waals surface area contributed by atoms with E-state index in [9.17, 15) is 0 Å². The Labute approximate surface area is 270 Å². The summed E-state index contributed by atoms with van der Waals surface area (Å²) in [4.78, 5) is 0. The Morgan fingerprint density at radius 2 is 0.761 bits per heavy atom. The quantitative estimate of drug-likeness (QED) is 0.189. The van der Waals surface area contributed by atoms with Crippen LogP contribution in [0.4, 0.5) is 0 Å². The summed E-state index contributed by atoms with van der Waals surface area (Å²) in [6.07, 6.45) is 0. The van der Waals surface area contributed by atoms with E-state index in [-0.39, 0.29) is 0 Å². The lowest BCUT2D eigenvalue weighted by Crippen LogP contribution is -1.95. The molecule has 0 amide bonds. The van der Waals surface area contributed by atoms with Crippen LogP contribution >= 0.6 is 0 Å². The fourth-order valence-electron chi connectivity index (χ4n) is 7.75. The van der Waals surface area contributed by atoms with E-state index in [0.717, 1.165) is 0 Å². The Hall–Kier alpha value is -5.72. The van der Waals surface area contributed by atoms with Gasteiger partial charge in [-0.2, -0.15) is 0 Å². The molecule has 0 radical (unpaired) electrons. The molecule has 0 nitrogen and oxygen atoms in total. The number of rotatable bonds is 5. The number of hydrogen-bond donors (Lipinski definition) is 0. The fraction of sp³-hybridized carbons (Fsp3) is 0.0435. The highest BCUT2D eigenvalue weighted by molar-refractivity contribution is 6.28. The second-order valence-corrected chi connectivity index (χ2v) is 12.4. The van der Waals surface area contributed by atoms with Gasteiger partial charge >= 0.3 is 0 Å². The van der Waals surface area contributed by atoms with E-state index in [1.807, 2.05) is 0 Å². The van der Waals surface area contributed by atoms with Gasteiger partial charge in [-0.3, -0.25) is 0 Å². The first-order valence-electron chi connectivity index (χ1n) is 16.2. The van der Waals surface area contributed by atoms with Crippen LogP contribution in [-0.4, -0.2) is 0 Å². The number of hydrogen-bond acceptors (Lipinski definition) is 0. The van der Waals surface area contributed by atoms with Crippen LogP contribution in [0.3, 0.4) is 0 Å². The zero-order valence-corrected chi connectivity index (χ0v) is 25.7. The van der Waals surface area contributed by atoms with Crippen molar-refractivity contribution >= 4 is 21.5 Å². The molecule has 0 aromatic heterocycles. The van der Waals surface area contributed by atoms with Gasteiger partial charge in [-0.15, -0.1) is 0 Å². The molecular weight excluding hydrogens is 553 g/mol. The minimum Gasteiger partial charge on any atom is -0.0622 e. The molecule has 1 atom stereocenters. The van der Waals surface area contributed by atoms with Gasteiger partial charge in [0.15, 0.2) is 0 Å². The van der Waals surface area contributed by atoms with Gasteiger partial charge in [0.25, 0.3) is 0 Å². The van der Waals surface area contributed by atoms with E-state index in [2.05, 4.69) is 177 Å². The van der Waals surface area contributed by atoms with Crippen molar-refractivity contribution in [2.45, 2.75) is 12.8 Å². The third-order valence-electron chi connectivity index (χ3n) is 9.94. The van der Waals surface area contributed by atoms with E-state index < -0.39 is 0 Å². The van der Waals surface area contributed by atoms with E-state index in [1.165, 1.54) is 88.3 Å². The van der Waals surface area contributed by atoms with E-state index >= 15 is 0 Å². The average molecular weight is 585 g/mol. The fourth-order valence-corrected chi connectivity index (χ4v) is 7.75. The molecule has 0 spiro atoms.